The van der Waals surface area contributed by atoms with E-state index in [1.807, 2.05) is 43.3 Å². The standard InChI is InChI=1S/C19H19BrN2O2S/c1-11(2)13-7-8-15(14(20)9-13)24-10-17(23)21-19-22-18-12(3)5-4-6-16(18)25-19/h4-9,11H,10H2,1-3H3,(H,21,22,23). The van der Waals surface area contributed by atoms with Crippen LogP contribution < -0.4 is 10.1 Å². The topological polar surface area (TPSA) is 51.2 Å². The molecule has 4 nitrogen and oxygen atoms in total. The number of rotatable bonds is 5. The zero-order valence-corrected chi connectivity index (χ0v) is 16.7. The van der Waals surface area contributed by atoms with Crippen LogP contribution in [0.15, 0.2) is 40.9 Å². The van der Waals surface area contributed by atoms with Gasteiger partial charge in [0.1, 0.15) is 5.75 Å². The van der Waals surface area contributed by atoms with Gasteiger partial charge in [-0.15, -0.1) is 0 Å². The number of benzene rings is 2. The maximum atomic E-state index is 12.1. The monoisotopic (exact) mass is 418 g/mol. The summed E-state index contributed by atoms with van der Waals surface area (Å²) in [5, 5.41) is 3.40. The van der Waals surface area contributed by atoms with Gasteiger partial charge in [0.2, 0.25) is 0 Å². The van der Waals surface area contributed by atoms with Gasteiger partial charge >= 0.3 is 0 Å². The Labute approximate surface area is 159 Å². The predicted molar refractivity (Wildman–Crippen MR) is 107 cm³/mol. The number of carbonyl (C=O) groups is 1. The van der Waals surface area contributed by atoms with Gasteiger partial charge in [-0.3, -0.25) is 10.1 Å². The molecule has 1 amide bonds. The molecule has 0 bridgehead atoms. The van der Waals surface area contributed by atoms with E-state index in [0.717, 1.165) is 20.3 Å². The minimum Gasteiger partial charge on any atom is -0.483 e. The molecule has 2 aromatic carbocycles. The number of fused-ring (bicyclic) bond motifs is 1. The van der Waals surface area contributed by atoms with E-state index in [1.165, 1.54) is 16.9 Å². The van der Waals surface area contributed by atoms with E-state index < -0.39 is 0 Å². The number of hydrogen-bond acceptors (Lipinski definition) is 4. The van der Waals surface area contributed by atoms with E-state index in [-0.39, 0.29) is 12.5 Å². The number of nitrogens with one attached hydrogen (secondary N) is 1. The van der Waals surface area contributed by atoms with Gasteiger partial charge in [-0.2, -0.15) is 0 Å². The molecular formula is C19H19BrN2O2S. The molecule has 0 saturated carbocycles. The third-order valence-electron chi connectivity index (χ3n) is 3.85. The highest BCUT2D eigenvalue weighted by atomic mass is 79.9. The van der Waals surface area contributed by atoms with Crippen molar-refractivity contribution in [3.63, 3.8) is 0 Å². The second kappa shape index (κ2) is 7.54. The van der Waals surface area contributed by atoms with Crippen molar-refractivity contribution < 1.29 is 9.53 Å². The van der Waals surface area contributed by atoms with E-state index in [1.54, 1.807) is 0 Å². The smallest absolute Gasteiger partial charge is 0.264 e. The molecule has 130 valence electrons. The number of hydrogen-bond donors (Lipinski definition) is 1. The van der Waals surface area contributed by atoms with Gasteiger partial charge in [-0.25, -0.2) is 4.98 Å². The van der Waals surface area contributed by atoms with Crippen LogP contribution in [0.4, 0.5) is 5.13 Å². The Morgan fingerprint density at radius 3 is 2.80 bits per heavy atom. The molecule has 1 aromatic heterocycles. The second-order valence-electron chi connectivity index (χ2n) is 6.12. The second-order valence-corrected chi connectivity index (χ2v) is 8.01. The van der Waals surface area contributed by atoms with Crippen molar-refractivity contribution in [3.05, 3.63) is 52.0 Å². The lowest BCUT2D eigenvalue weighted by Crippen LogP contribution is -2.20. The Hall–Kier alpha value is -1.92. The van der Waals surface area contributed by atoms with Crippen molar-refractivity contribution >= 4 is 48.5 Å². The number of nitrogens with zero attached hydrogens (tertiary/aromatic N) is 1. The first-order chi connectivity index (χ1) is 11.9. The fourth-order valence-electron chi connectivity index (χ4n) is 2.43. The SMILES string of the molecule is Cc1cccc2sc(NC(=O)COc3ccc(C(C)C)cc3Br)nc12. The number of aromatic nitrogens is 1. The summed E-state index contributed by atoms with van der Waals surface area (Å²) >= 11 is 4.96. The van der Waals surface area contributed by atoms with Crippen molar-refractivity contribution in [2.24, 2.45) is 0 Å². The van der Waals surface area contributed by atoms with Crippen LogP contribution >= 0.6 is 27.3 Å². The first-order valence-corrected chi connectivity index (χ1v) is 9.63. The molecule has 1 heterocycles. The number of para-hydroxylation sites is 1. The van der Waals surface area contributed by atoms with Gasteiger partial charge in [0.25, 0.3) is 5.91 Å². The number of amides is 1. The molecule has 0 aliphatic rings. The molecule has 0 aliphatic carbocycles. The van der Waals surface area contributed by atoms with Gasteiger partial charge in [0, 0.05) is 0 Å². The zero-order valence-electron chi connectivity index (χ0n) is 14.3. The summed E-state index contributed by atoms with van der Waals surface area (Å²) in [6.45, 7) is 6.22. The van der Waals surface area contributed by atoms with Gasteiger partial charge in [0.05, 0.1) is 14.7 Å². The molecule has 0 radical (unpaired) electrons. The molecule has 25 heavy (non-hydrogen) atoms. The summed E-state index contributed by atoms with van der Waals surface area (Å²) < 4.78 is 7.53. The number of aryl methyl sites for hydroxylation is 1. The molecule has 0 atom stereocenters. The van der Waals surface area contributed by atoms with Crippen LogP contribution in [0.2, 0.25) is 0 Å². The van der Waals surface area contributed by atoms with Crippen molar-refractivity contribution in [1.82, 2.24) is 4.98 Å². The van der Waals surface area contributed by atoms with Crippen LogP contribution in [0.3, 0.4) is 0 Å². The minimum atomic E-state index is -0.225. The average molecular weight is 419 g/mol. The van der Waals surface area contributed by atoms with Crippen LogP contribution in [0.1, 0.15) is 30.9 Å². The highest BCUT2D eigenvalue weighted by molar-refractivity contribution is 9.10. The van der Waals surface area contributed by atoms with Gasteiger partial charge in [-0.1, -0.05) is 43.4 Å². The first-order valence-electron chi connectivity index (χ1n) is 8.02. The lowest BCUT2D eigenvalue weighted by molar-refractivity contribution is -0.118. The van der Waals surface area contributed by atoms with Crippen LogP contribution in [0, 0.1) is 6.92 Å². The summed E-state index contributed by atoms with van der Waals surface area (Å²) in [6.07, 6.45) is 0. The Bertz CT molecular complexity index is 921. The minimum absolute atomic E-state index is 0.0610. The summed E-state index contributed by atoms with van der Waals surface area (Å²) in [6, 6.07) is 11.9. The lowest BCUT2D eigenvalue weighted by atomic mass is 10.0. The summed E-state index contributed by atoms with van der Waals surface area (Å²) in [7, 11) is 0. The number of ether oxygens (including phenoxy) is 1. The molecule has 0 unspecified atom stereocenters. The molecule has 0 fully saturated rings. The molecule has 0 aliphatic heterocycles. The molecule has 0 spiro atoms. The normalized spacial score (nSPS) is 11.1. The fourth-order valence-corrected chi connectivity index (χ4v) is 3.90. The van der Waals surface area contributed by atoms with Gasteiger partial charge < -0.3 is 4.74 Å². The Morgan fingerprint density at radius 2 is 2.12 bits per heavy atom. The van der Waals surface area contributed by atoms with Crippen molar-refractivity contribution in [1.29, 1.82) is 0 Å². The fraction of sp³-hybridized carbons (Fsp3) is 0.263. The molecular weight excluding hydrogens is 400 g/mol. The van der Waals surface area contributed by atoms with E-state index in [9.17, 15) is 4.79 Å². The van der Waals surface area contributed by atoms with Crippen molar-refractivity contribution in [2.45, 2.75) is 26.7 Å². The number of thiazole rings is 1. The predicted octanol–water partition coefficient (Wildman–Crippen LogP) is 5.51. The maximum absolute atomic E-state index is 12.1. The molecule has 3 aromatic rings. The quantitative estimate of drug-likeness (QED) is 0.594. The van der Waals surface area contributed by atoms with Crippen LogP contribution in [0.5, 0.6) is 5.75 Å². The van der Waals surface area contributed by atoms with Crippen molar-refractivity contribution in [3.8, 4) is 5.75 Å². The van der Waals surface area contributed by atoms with Gasteiger partial charge in [-0.05, 0) is 58.1 Å². The third kappa shape index (κ3) is 4.19. The van der Waals surface area contributed by atoms with E-state index in [4.69, 9.17) is 4.74 Å². The highest BCUT2D eigenvalue weighted by Crippen LogP contribution is 2.30. The van der Waals surface area contributed by atoms with Crippen LogP contribution in [0.25, 0.3) is 10.2 Å². The third-order valence-corrected chi connectivity index (χ3v) is 5.40. The van der Waals surface area contributed by atoms with E-state index in [2.05, 4.69) is 40.1 Å². The zero-order chi connectivity index (χ0) is 18.0. The van der Waals surface area contributed by atoms with Crippen LogP contribution in [-0.4, -0.2) is 17.5 Å². The Balaban J connectivity index is 1.63. The highest BCUT2D eigenvalue weighted by Gasteiger charge is 2.11. The first kappa shape index (κ1) is 17.9. The Kier molecular flexibility index (Phi) is 5.39. The van der Waals surface area contributed by atoms with Gasteiger partial charge in [0.15, 0.2) is 11.7 Å². The largest absolute Gasteiger partial charge is 0.483 e. The van der Waals surface area contributed by atoms with E-state index in [0.29, 0.717) is 16.8 Å². The maximum Gasteiger partial charge on any atom is 0.264 e. The van der Waals surface area contributed by atoms with Crippen LogP contribution in [-0.2, 0) is 4.79 Å². The molecule has 6 heteroatoms. The number of anilines is 1. The average Bonchev–Trinajstić information content (AvgIpc) is 2.97. The summed E-state index contributed by atoms with van der Waals surface area (Å²) in [5.74, 6) is 0.868. The molecule has 3 rings (SSSR count). The molecule has 0 saturated heterocycles. The lowest BCUT2D eigenvalue weighted by Gasteiger charge is -2.11. The van der Waals surface area contributed by atoms with E-state index >= 15 is 0 Å². The van der Waals surface area contributed by atoms with Crippen molar-refractivity contribution in [2.75, 3.05) is 11.9 Å². The summed E-state index contributed by atoms with van der Waals surface area (Å²) in [4.78, 5) is 16.6. The number of halogens is 1. The Morgan fingerprint density at radius 1 is 1.32 bits per heavy atom. The number of carbonyl (C=O) groups excluding carboxylic acids is 1. The molecule has 1 N–H and O–H groups in total. The summed E-state index contributed by atoms with van der Waals surface area (Å²) in [5.41, 5.74) is 3.24.